The van der Waals surface area contributed by atoms with Gasteiger partial charge in [0.25, 0.3) is 0 Å². The third kappa shape index (κ3) is 5.51. The van der Waals surface area contributed by atoms with Crippen LogP contribution in [0, 0.1) is 0 Å². The summed E-state index contributed by atoms with van der Waals surface area (Å²) in [6.07, 6.45) is 0. The molecule has 298 valence electrons. The highest BCUT2D eigenvalue weighted by atomic mass is 16.5. The SMILES string of the molecule is c1ccc(-c2nc(-c3cccc(-c4ccc5c(c4)C4(c6ccccc6O5)c5ccccc5-c5nc(-c6ccccc6)c6ccccc6c54)c3)nc(-c3ccc4ccccc4c3)n2)cc1. The van der Waals surface area contributed by atoms with E-state index in [1.165, 1.54) is 21.9 Å². The van der Waals surface area contributed by atoms with Gasteiger partial charge in [-0.2, -0.15) is 0 Å². The van der Waals surface area contributed by atoms with Crippen LogP contribution >= 0.6 is 0 Å². The quantitative estimate of drug-likeness (QED) is 0.173. The molecule has 3 heterocycles. The topological polar surface area (TPSA) is 60.8 Å². The third-order valence-corrected chi connectivity index (χ3v) is 12.9. The minimum atomic E-state index is -0.723. The molecule has 0 radical (unpaired) electrons. The summed E-state index contributed by atoms with van der Waals surface area (Å²) in [5, 5.41) is 4.59. The fraction of sp³-hybridized carbons (Fsp3) is 0.0169. The van der Waals surface area contributed by atoms with E-state index in [2.05, 4.69) is 188 Å². The summed E-state index contributed by atoms with van der Waals surface area (Å²) < 4.78 is 6.87. The highest BCUT2D eigenvalue weighted by molar-refractivity contribution is 6.05. The van der Waals surface area contributed by atoms with Gasteiger partial charge in [-0.1, -0.05) is 188 Å². The first-order valence-electron chi connectivity index (χ1n) is 21.6. The zero-order valence-electron chi connectivity index (χ0n) is 34.5. The molecule has 2 aliphatic rings. The first-order chi connectivity index (χ1) is 31.7. The highest BCUT2D eigenvalue weighted by Gasteiger charge is 2.53. The summed E-state index contributed by atoms with van der Waals surface area (Å²) >= 11 is 0. The van der Waals surface area contributed by atoms with Crippen molar-refractivity contribution in [3.8, 4) is 79.3 Å². The molecule has 1 aliphatic heterocycles. The highest BCUT2D eigenvalue weighted by Crippen LogP contribution is 2.63. The largest absolute Gasteiger partial charge is 0.457 e. The number of rotatable bonds is 5. The van der Waals surface area contributed by atoms with Crippen LogP contribution in [0.25, 0.3) is 89.4 Å². The van der Waals surface area contributed by atoms with E-state index < -0.39 is 5.41 Å². The summed E-state index contributed by atoms with van der Waals surface area (Å²) in [5.41, 5.74) is 12.9. The first-order valence-corrected chi connectivity index (χ1v) is 21.6. The zero-order chi connectivity index (χ0) is 42.2. The van der Waals surface area contributed by atoms with Gasteiger partial charge in [0, 0.05) is 49.9 Å². The Balaban J connectivity index is 1.02. The van der Waals surface area contributed by atoms with Gasteiger partial charge in [-0.05, 0) is 63.2 Å². The molecule has 9 aromatic carbocycles. The minimum absolute atomic E-state index is 0.607. The molecule has 1 atom stereocenters. The number of fused-ring (bicyclic) bond motifs is 12. The molecule has 1 unspecified atom stereocenters. The molecule has 1 spiro atoms. The molecule has 2 aromatic heterocycles. The molecule has 0 amide bonds. The average Bonchev–Trinajstić information content (AvgIpc) is 3.67. The molecule has 0 fully saturated rings. The van der Waals surface area contributed by atoms with Gasteiger partial charge in [-0.15, -0.1) is 0 Å². The number of benzene rings is 9. The molecule has 13 rings (SSSR count). The summed E-state index contributed by atoms with van der Waals surface area (Å²) in [7, 11) is 0. The number of ether oxygens (including phenoxy) is 1. The maximum atomic E-state index is 6.87. The van der Waals surface area contributed by atoms with Crippen molar-refractivity contribution in [2.45, 2.75) is 5.41 Å². The molecule has 0 saturated carbocycles. The van der Waals surface area contributed by atoms with E-state index in [-0.39, 0.29) is 0 Å². The Morgan fingerprint density at radius 2 is 0.875 bits per heavy atom. The first kappa shape index (κ1) is 36.1. The van der Waals surface area contributed by atoms with E-state index in [0.29, 0.717) is 17.5 Å². The van der Waals surface area contributed by atoms with Crippen molar-refractivity contribution >= 4 is 21.5 Å². The minimum Gasteiger partial charge on any atom is -0.457 e. The molecule has 1 aliphatic carbocycles. The van der Waals surface area contributed by atoms with Gasteiger partial charge in [-0.25, -0.2) is 19.9 Å². The second kappa shape index (κ2) is 14.3. The molecular formula is C59H36N4O. The Bertz CT molecular complexity index is 3660. The van der Waals surface area contributed by atoms with Crippen LogP contribution in [0.1, 0.15) is 22.3 Å². The van der Waals surface area contributed by atoms with E-state index in [4.69, 9.17) is 24.7 Å². The number of para-hydroxylation sites is 1. The van der Waals surface area contributed by atoms with Crippen LogP contribution in [0.5, 0.6) is 11.5 Å². The average molecular weight is 817 g/mol. The molecule has 5 nitrogen and oxygen atoms in total. The monoisotopic (exact) mass is 816 g/mol. The maximum absolute atomic E-state index is 6.87. The van der Waals surface area contributed by atoms with E-state index in [0.717, 1.165) is 83.7 Å². The lowest BCUT2D eigenvalue weighted by atomic mass is 9.65. The summed E-state index contributed by atoms with van der Waals surface area (Å²) in [6, 6.07) is 76.7. The Labute approximate surface area is 370 Å². The summed E-state index contributed by atoms with van der Waals surface area (Å²) in [6.45, 7) is 0. The lowest BCUT2D eigenvalue weighted by Crippen LogP contribution is -2.32. The van der Waals surface area contributed by atoms with Crippen molar-refractivity contribution in [1.29, 1.82) is 0 Å². The van der Waals surface area contributed by atoms with Crippen molar-refractivity contribution in [2.24, 2.45) is 0 Å². The lowest BCUT2D eigenvalue weighted by Gasteiger charge is -2.40. The van der Waals surface area contributed by atoms with Crippen molar-refractivity contribution in [1.82, 2.24) is 19.9 Å². The van der Waals surface area contributed by atoms with Crippen molar-refractivity contribution in [3.63, 3.8) is 0 Å². The molecule has 0 N–H and O–H groups in total. The van der Waals surface area contributed by atoms with Crippen LogP contribution in [0.2, 0.25) is 0 Å². The Morgan fingerprint density at radius 3 is 1.69 bits per heavy atom. The number of hydrogen-bond acceptors (Lipinski definition) is 5. The van der Waals surface area contributed by atoms with Gasteiger partial charge in [-0.3, -0.25) is 0 Å². The predicted octanol–water partition coefficient (Wildman–Crippen LogP) is 14.4. The third-order valence-electron chi connectivity index (χ3n) is 12.9. The van der Waals surface area contributed by atoms with Gasteiger partial charge < -0.3 is 4.74 Å². The molecule has 0 bridgehead atoms. The van der Waals surface area contributed by atoms with Crippen LogP contribution in [0.3, 0.4) is 0 Å². The molecular weight excluding hydrogens is 781 g/mol. The van der Waals surface area contributed by atoms with Crippen molar-refractivity contribution < 1.29 is 4.74 Å². The maximum Gasteiger partial charge on any atom is 0.164 e. The Hall–Kier alpha value is -8.54. The van der Waals surface area contributed by atoms with Crippen LogP contribution in [0.4, 0.5) is 0 Å². The molecule has 11 aromatic rings. The lowest BCUT2D eigenvalue weighted by molar-refractivity contribution is 0.437. The standard InChI is InChI=1S/C59H36N4O/c1-3-17-38(18-4-1)54-46-25-10-9-24-45(46)53-55(60-54)47-26-11-12-27-48(47)59(53)49-28-13-14-29-51(49)64-52-33-32-42(36-50(52)59)41-22-15-23-43(35-41)57-61-56(39-19-5-2-6-20-39)62-58(63-57)44-31-30-37-16-7-8-21-40(37)34-44/h1-36H. The summed E-state index contributed by atoms with van der Waals surface area (Å²) in [5.74, 6) is 3.52. The van der Waals surface area contributed by atoms with E-state index >= 15 is 0 Å². The molecule has 64 heavy (non-hydrogen) atoms. The van der Waals surface area contributed by atoms with Gasteiger partial charge in [0.2, 0.25) is 0 Å². The van der Waals surface area contributed by atoms with Crippen LogP contribution in [-0.4, -0.2) is 19.9 Å². The molecule has 0 saturated heterocycles. The second-order valence-electron chi connectivity index (χ2n) is 16.5. The number of hydrogen-bond donors (Lipinski definition) is 0. The fourth-order valence-electron chi connectivity index (χ4n) is 10.1. The fourth-order valence-corrected chi connectivity index (χ4v) is 10.1. The van der Waals surface area contributed by atoms with Crippen molar-refractivity contribution in [3.05, 3.63) is 241 Å². The summed E-state index contributed by atoms with van der Waals surface area (Å²) in [4.78, 5) is 20.9. The molecule has 5 heteroatoms. The van der Waals surface area contributed by atoms with E-state index in [9.17, 15) is 0 Å². The smallest absolute Gasteiger partial charge is 0.164 e. The van der Waals surface area contributed by atoms with Crippen LogP contribution in [0.15, 0.2) is 218 Å². The normalized spacial score (nSPS) is 14.4. The number of pyridine rings is 1. The zero-order valence-corrected chi connectivity index (χ0v) is 34.5. The van der Waals surface area contributed by atoms with Crippen molar-refractivity contribution in [2.75, 3.05) is 0 Å². The Kier molecular flexibility index (Phi) is 8.06. The Morgan fingerprint density at radius 1 is 0.312 bits per heavy atom. The predicted molar refractivity (Wildman–Crippen MR) is 257 cm³/mol. The van der Waals surface area contributed by atoms with Crippen LogP contribution in [-0.2, 0) is 5.41 Å². The van der Waals surface area contributed by atoms with Gasteiger partial charge in [0.1, 0.15) is 11.5 Å². The van der Waals surface area contributed by atoms with E-state index in [1.54, 1.807) is 0 Å². The number of aromatic nitrogens is 4. The van der Waals surface area contributed by atoms with Gasteiger partial charge >= 0.3 is 0 Å². The number of nitrogens with zero attached hydrogens (tertiary/aromatic N) is 4. The van der Waals surface area contributed by atoms with Crippen LogP contribution < -0.4 is 4.74 Å². The van der Waals surface area contributed by atoms with Gasteiger partial charge in [0.15, 0.2) is 17.5 Å². The second-order valence-corrected chi connectivity index (χ2v) is 16.5. The van der Waals surface area contributed by atoms with E-state index in [1.807, 2.05) is 30.3 Å². The van der Waals surface area contributed by atoms with Gasteiger partial charge in [0.05, 0.1) is 16.8 Å².